The highest BCUT2D eigenvalue weighted by atomic mass is 16.3. The van der Waals surface area contributed by atoms with Gasteiger partial charge in [-0.1, -0.05) is 27.2 Å². The predicted molar refractivity (Wildman–Crippen MR) is 77.4 cm³/mol. The second kappa shape index (κ2) is 5.44. The first-order valence-corrected chi connectivity index (χ1v) is 8.11. The Labute approximate surface area is 118 Å². The van der Waals surface area contributed by atoms with Crippen LogP contribution in [0.3, 0.4) is 0 Å². The van der Waals surface area contributed by atoms with Gasteiger partial charge in [-0.25, -0.2) is 0 Å². The zero-order valence-corrected chi connectivity index (χ0v) is 12.8. The molecule has 0 aromatic heterocycles. The van der Waals surface area contributed by atoms with Gasteiger partial charge in [-0.2, -0.15) is 5.26 Å². The van der Waals surface area contributed by atoms with Crippen LogP contribution in [0.5, 0.6) is 0 Å². The highest BCUT2D eigenvalue weighted by molar-refractivity contribution is 5.15. The van der Waals surface area contributed by atoms with Crippen LogP contribution < -0.4 is 0 Å². The van der Waals surface area contributed by atoms with E-state index in [-0.39, 0.29) is 5.92 Å². The lowest BCUT2D eigenvalue weighted by molar-refractivity contribution is -0.142. The van der Waals surface area contributed by atoms with Gasteiger partial charge in [-0.3, -0.25) is 0 Å². The van der Waals surface area contributed by atoms with E-state index in [9.17, 15) is 10.4 Å². The number of aliphatic hydroxyl groups is 1. The third-order valence-corrected chi connectivity index (χ3v) is 6.17. The van der Waals surface area contributed by atoms with E-state index in [1.165, 1.54) is 6.42 Å². The van der Waals surface area contributed by atoms with Gasteiger partial charge < -0.3 is 5.11 Å². The second-order valence-corrected chi connectivity index (χ2v) is 7.25. The molecule has 3 atom stereocenters. The van der Waals surface area contributed by atoms with Gasteiger partial charge in [-0.05, 0) is 62.7 Å². The summed E-state index contributed by atoms with van der Waals surface area (Å²) in [4.78, 5) is 0. The topological polar surface area (TPSA) is 44.0 Å². The van der Waals surface area contributed by atoms with Crippen molar-refractivity contribution in [2.45, 2.75) is 77.7 Å². The Morgan fingerprint density at radius 1 is 1.16 bits per heavy atom. The maximum absolute atomic E-state index is 11.3. The minimum atomic E-state index is -0.743. The number of rotatable bonds is 2. The van der Waals surface area contributed by atoms with Crippen molar-refractivity contribution in [3.05, 3.63) is 0 Å². The number of hydrogen-bond donors (Lipinski definition) is 1. The molecule has 2 rings (SSSR count). The summed E-state index contributed by atoms with van der Waals surface area (Å²) in [6.07, 6.45) is 8.21. The molecule has 2 fully saturated rings. The van der Waals surface area contributed by atoms with Gasteiger partial charge in [0.05, 0.1) is 17.1 Å². The van der Waals surface area contributed by atoms with Crippen molar-refractivity contribution < 1.29 is 5.11 Å². The molecule has 2 saturated carbocycles. The molecule has 0 saturated heterocycles. The van der Waals surface area contributed by atoms with E-state index >= 15 is 0 Å². The molecule has 2 heteroatoms. The molecule has 108 valence electrons. The summed E-state index contributed by atoms with van der Waals surface area (Å²) in [6, 6.07) is 2.57. The third-order valence-electron chi connectivity index (χ3n) is 6.17. The molecule has 19 heavy (non-hydrogen) atoms. The zero-order valence-electron chi connectivity index (χ0n) is 12.8. The van der Waals surface area contributed by atoms with Crippen LogP contribution in [0.25, 0.3) is 0 Å². The Bertz CT molecular complexity index is 351. The van der Waals surface area contributed by atoms with Crippen LogP contribution in [0, 0.1) is 34.5 Å². The van der Waals surface area contributed by atoms with Gasteiger partial charge in [0.2, 0.25) is 0 Å². The van der Waals surface area contributed by atoms with Crippen molar-refractivity contribution in [2.75, 3.05) is 0 Å². The average Bonchev–Trinajstić information content (AvgIpc) is 2.43. The first-order chi connectivity index (χ1) is 8.97. The summed E-state index contributed by atoms with van der Waals surface area (Å²) in [5, 5.41) is 21.1. The van der Waals surface area contributed by atoms with Gasteiger partial charge >= 0.3 is 0 Å². The van der Waals surface area contributed by atoms with E-state index in [1.807, 2.05) is 0 Å². The van der Waals surface area contributed by atoms with E-state index in [1.54, 1.807) is 0 Å². The van der Waals surface area contributed by atoms with E-state index < -0.39 is 11.0 Å². The van der Waals surface area contributed by atoms with Crippen LogP contribution in [0.2, 0.25) is 0 Å². The minimum Gasteiger partial charge on any atom is -0.388 e. The first-order valence-electron chi connectivity index (χ1n) is 8.11. The molecule has 0 spiro atoms. The van der Waals surface area contributed by atoms with Crippen LogP contribution in [0.4, 0.5) is 0 Å². The van der Waals surface area contributed by atoms with Gasteiger partial charge in [0.15, 0.2) is 0 Å². The lowest BCUT2D eigenvalue weighted by Crippen LogP contribution is -2.55. The SMILES string of the molecule is CCC1CCC(C#N)(C2(O)CCC(C)CC2C)CC1. The Morgan fingerprint density at radius 3 is 2.26 bits per heavy atom. The van der Waals surface area contributed by atoms with Crippen molar-refractivity contribution >= 4 is 0 Å². The molecule has 0 bridgehead atoms. The Balaban J connectivity index is 2.19. The number of nitriles is 1. The Hall–Kier alpha value is -0.550. The van der Waals surface area contributed by atoms with E-state index in [0.717, 1.165) is 50.9 Å². The van der Waals surface area contributed by atoms with Crippen molar-refractivity contribution in [3.63, 3.8) is 0 Å². The monoisotopic (exact) mass is 263 g/mol. The third kappa shape index (κ3) is 2.42. The van der Waals surface area contributed by atoms with E-state index in [2.05, 4.69) is 26.8 Å². The van der Waals surface area contributed by atoms with Crippen molar-refractivity contribution in [3.8, 4) is 6.07 Å². The van der Waals surface area contributed by atoms with Gasteiger partial charge in [0.1, 0.15) is 0 Å². The standard InChI is InChI=1S/C17H29NO/c1-4-15-6-8-16(12-18,9-7-15)17(19)10-5-13(2)11-14(17)3/h13-15,19H,4-11H2,1-3H3. The summed E-state index contributed by atoms with van der Waals surface area (Å²) in [5.41, 5.74) is -1.22. The molecule has 0 aromatic carbocycles. The van der Waals surface area contributed by atoms with Gasteiger partial charge in [-0.15, -0.1) is 0 Å². The molecule has 3 unspecified atom stereocenters. The summed E-state index contributed by atoms with van der Waals surface area (Å²) in [6.45, 7) is 6.66. The fourth-order valence-corrected chi connectivity index (χ4v) is 4.56. The maximum Gasteiger partial charge on any atom is 0.0863 e. The molecular formula is C17H29NO. The second-order valence-electron chi connectivity index (χ2n) is 7.25. The molecular weight excluding hydrogens is 234 g/mol. The fraction of sp³-hybridized carbons (Fsp3) is 0.941. The van der Waals surface area contributed by atoms with Crippen molar-refractivity contribution in [1.82, 2.24) is 0 Å². The normalized spacial score (nSPS) is 47.6. The molecule has 0 aliphatic heterocycles. The van der Waals surface area contributed by atoms with E-state index in [4.69, 9.17) is 0 Å². The molecule has 0 radical (unpaired) electrons. The lowest BCUT2D eigenvalue weighted by Gasteiger charge is -2.52. The molecule has 1 N–H and O–H groups in total. The first kappa shape index (κ1) is 14.9. The fourth-order valence-electron chi connectivity index (χ4n) is 4.56. The lowest BCUT2D eigenvalue weighted by atomic mass is 9.54. The minimum absolute atomic E-state index is 0.258. The molecule has 2 nitrogen and oxygen atoms in total. The van der Waals surface area contributed by atoms with Crippen molar-refractivity contribution in [2.24, 2.45) is 23.2 Å². The molecule has 0 amide bonds. The van der Waals surface area contributed by atoms with Crippen LogP contribution >= 0.6 is 0 Å². The van der Waals surface area contributed by atoms with Crippen LogP contribution in [-0.4, -0.2) is 10.7 Å². The van der Waals surface area contributed by atoms with Crippen LogP contribution in [0.15, 0.2) is 0 Å². The highest BCUT2D eigenvalue weighted by Gasteiger charge is 2.55. The summed E-state index contributed by atoms with van der Waals surface area (Å²) in [5.74, 6) is 1.72. The highest BCUT2D eigenvalue weighted by Crippen LogP contribution is 2.54. The predicted octanol–water partition coefficient (Wildman–Crippen LogP) is 4.28. The zero-order chi connectivity index (χ0) is 14.1. The maximum atomic E-state index is 11.3. The number of hydrogen-bond acceptors (Lipinski definition) is 2. The van der Waals surface area contributed by atoms with Gasteiger partial charge in [0.25, 0.3) is 0 Å². The Morgan fingerprint density at radius 2 is 1.79 bits per heavy atom. The Kier molecular flexibility index (Phi) is 4.26. The molecule has 2 aliphatic carbocycles. The number of nitrogens with zero attached hydrogens (tertiary/aromatic N) is 1. The van der Waals surface area contributed by atoms with Gasteiger partial charge in [0, 0.05) is 0 Å². The molecule has 0 heterocycles. The quantitative estimate of drug-likeness (QED) is 0.808. The van der Waals surface area contributed by atoms with Crippen LogP contribution in [-0.2, 0) is 0 Å². The van der Waals surface area contributed by atoms with E-state index in [0.29, 0.717) is 5.92 Å². The molecule has 0 aromatic rings. The van der Waals surface area contributed by atoms with Crippen molar-refractivity contribution in [1.29, 1.82) is 5.26 Å². The van der Waals surface area contributed by atoms with Crippen LogP contribution in [0.1, 0.15) is 72.1 Å². The summed E-state index contributed by atoms with van der Waals surface area (Å²) in [7, 11) is 0. The largest absolute Gasteiger partial charge is 0.388 e. The smallest absolute Gasteiger partial charge is 0.0863 e. The molecule has 2 aliphatic rings. The summed E-state index contributed by atoms with van der Waals surface area (Å²) < 4.78 is 0. The summed E-state index contributed by atoms with van der Waals surface area (Å²) >= 11 is 0. The average molecular weight is 263 g/mol.